The van der Waals surface area contributed by atoms with E-state index in [1.54, 1.807) is 0 Å². The van der Waals surface area contributed by atoms with Gasteiger partial charge in [-0.05, 0) is 32.0 Å². The van der Waals surface area contributed by atoms with Crippen LogP contribution in [0.4, 0.5) is 13.2 Å². The number of hydrogen-bond donors (Lipinski definition) is 1. The highest BCUT2D eigenvalue weighted by atomic mass is 19.4. The highest BCUT2D eigenvalue weighted by molar-refractivity contribution is 5.14. The number of rotatable bonds is 2. The smallest absolute Gasteiger partial charge is 0.449 e. The van der Waals surface area contributed by atoms with Crippen molar-refractivity contribution in [2.45, 2.75) is 25.1 Å². The first-order chi connectivity index (χ1) is 7.55. The molecule has 1 aromatic heterocycles. The van der Waals surface area contributed by atoms with Crippen molar-refractivity contribution in [3.05, 3.63) is 17.9 Å². The molecule has 0 bridgehead atoms. The van der Waals surface area contributed by atoms with Crippen LogP contribution in [0.3, 0.4) is 0 Å². The van der Waals surface area contributed by atoms with E-state index in [1.807, 2.05) is 0 Å². The van der Waals surface area contributed by atoms with Crippen LogP contribution in [0.15, 0.2) is 16.5 Å². The number of alkyl halides is 3. The van der Waals surface area contributed by atoms with Gasteiger partial charge in [0.2, 0.25) is 5.76 Å². The first-order valence-corrected chi connectivity index (χ1v) is 5.10. The van der Waals surface area contributed by atoms with Crippen LogP contribution in [0.1, 0.15) is 18.6 Å². The zero-order valence-electron chi connectivity index (χ0n) is 8.51. The molecular weight excluding hydrogens is 223 g/mol. The normalized spacial score (nSPS) is 18.7. The predicted molar refractivity (Wildman–Crippen MR) is 50.2 cm³/mol. The van der Waals surface area contributed by atoms with Crippen LogP contribution < -0.4 is 10.1 Å². The molecular formula is C10H12F3NO2. The van der Waals surface area contributed by atoms with E-state index in [2.05, 4.69) is 9.73 Å². The first kappa shape index (κ1) is 11.3. The van der Waals surface area contributed by atoms with Gasteiger partial charge in [-0.2, -0.15) is 13.2 Å². The number of hydrogen-bond acceptors (Lipinski definition) is 3. The molecule has 0 aromatic carbocycles. The molecule has 0 spiro atoms. The van der Waals surface area contributed by atoms with Gasteiger partial charge in [-0.15, -0.1) is 0 Å². The molecule has 2 rings (SSSR count). The van der Waals surface area contributed by atoms with E-state index in [1.165, 1.54) is 6.07 Å². The molecule has 3 nitrogen and oxygen atoms in total. The van der Waals surface area contributed by atoms with Gasteiger partial charge in [0.05, 0.1) is 0 Å². The zero-order chi connectivity index (χ0) is 11.6. The average Bonchev–Trinajstić information content (AvgIpc) is 2.67. The molecule has 1 N–H and O–H groups in total. The van der Waals surface area contributed by atoms with Crippen LogP contribution in [-0.2, 0) is 6.18 Å². The predicted octanol–water partition coefficient (Wildman–Crippen LogP) is 2.43. The van der Waals surface area contributed by atoms with Crippen molar-refractivity contribution in [2.24, 2.45) is 0 Å². The molecule has 1 aliphatic rings. The van der Waals surface area contributed by atoms with Gasteiger partial charge < -0.3 is 14.5 Å². The maximum atomic E-state index is 12.2. The number of halogens is 3. The van der Waals surface area contributed by atoms with Gasteiger partial charge in [0.1, 0.15) is 6.10 Å². The summed E-state index contributed by atoms with van der Waals surface area (Å²) in [7, 11) is 0. The topological polar surface area (TPSA) is 34.4 Å². The summed E-state index contributed by atoms with van der Waals surface area (Å²) in [5.74, 6) is -1.07. The Morgan fingerprint density at radius 2 is 1.94 bits per heavy atom. The molecule has 0 aliphatic carbocycles. The molecule has 90 valence electrons. The zero-order valence-corrected chi connectivity index (χ0v) is 8.51. The summed E-state index contributed by atoms with van der Waals surface area (Å²) in [4.78, 5) is 0. The van der Waals surface area contributed by atoms with E-state index in [9.17, 15) is 13.2 Å². The van der Waals surface area contributed by atoms with E-state index < -0.39 is 11.9 Å². The Balaban J connectivity index is 1.97. The van der Waals surface area contributed by atoms with Crippen LogP contribution in [0.25, 0.3) is 0 Å². The monoisotopic (exact) mass is 235 g/mol. The van der Waals surface area contributed by atoms with E-state index in [4.69, 9.17) is 4.74 Å². The fourth-order valence-electron chi connectivity index (χ4n) is 1.61. The minimum Gasteiger partial charge on any atom is -0.462 e. The van der Waals surface area contributed by atoms with Gasteiger partial charge in [0.15, 0.2) is 0 Å². The largest absolute Gasteiger partial charge is 0.462 e. The van der Waals surface area contributed by atoms with Crippen LogP contribution in [0.2, 0.25) is 0 Å². The maximum absolute atomic E-state index is 12.2. The van der Waals surface area contributed by atoms with Gasteiger partial charge in [-0.1, -0.05) is 0 Å². The number of piperidine rings is 1. The van der Waals surface area contributed by atoms with Crippen LogP contribution >= 0.6 is 0 Å². The summed E-state index contributed by atoms with van der Waals surface area (Å²) < 4.78 is 46.6. The molecule has 1 saturated heterocycles. The Morgan fingerprint density at radius 3 is 2.50 bits per heavy atom. The molecule has 2 heterocycles. The minimum atomic E-state index is -4.45. The molecule has 0 amide bonds. The Bertz CT molecular complexity index is 342. The van der Waals surface area contributed by atoms with Crippen LogP contribution in [0, 0.1) is 0 Å². The third-order valence-corrected chi connectivity index (χ3v) is 2.43. The van der Waals surface area contributed by atoms with Crippen molar-refractivity contribution in [1.82, 2.24) is 5.32 Å². The molecule has 6 heteroatoms. The van der Waals surface area contributed by atoms with Gasteiger partial charge in [0, 0.05) is 6.07 Å². The standard InChI is InChI=1S/C10H12F3NO2/c11-10(12,13)8-1-2-9(16-8)15-7-3-5-14-6-4-7/h1-2,7,14H,3-6H2. The second-order valence-electron chi connectivity index (χ2n) is 3.68. The Hall–Kier alpha value is -1.17. The molecule has 0 saturated carbocycles. The van der Waals surface area contributed by atoms with Crippen LogP contribution in [-0.4, -0.2) is 19.2 Å². The van der Waals surface area contributed by atoms with Gasteiger partial charge >= 0.3 is 6.18 Å². The van der Waals surface area contributed by atoms with Gasteiger partial charge in [-0.25, -0.2) is 0 Å². The summed E-state index contributed by atoms with van der Waals surface area (Å²) in [6.45, 7) is 1.63. The second kappa shape index (κ2) is 4.37. The fourth-order valence-corrected chi connectivity index (χ4v) is 1.61. The van der Waals surface area contributed by atoms with Gasteiger partial charge in [0.25, 0.3) is 5.95 Å². The molecule has 1 aliphatic heterocycles. The van der Waals surface area contributed by atoms with Crippen molar-refractivity contribution in [1.29, 1.82) is 0 Å². The van der Waals surface area contributed by atoms with Gasteiger partial charge in [-0.3, -0.25) is 0 Å². The van der Waals surface area contributed by atoms with E-state index in [0.29, 0.717) is 0 Å². The molecule has 0 unspecified atom stereocenters. The minimum absolute atomic E-state index is 0.0563. The molecule has 16 heavy (non-hydrogen) atoms. The highest BCUT2D eigenvalue weighted by Gasteiger charge is 2.35. The quantitative estimate of drug-likeness (QED) is 0.854. The first-order valence-electron chi connectivity index (χ1n) is 5.10. The second-order valence-corrected chi connectivity index (χ2v) is 3.68. The summed E-state index contributed by atoms with van der Waals surface area (Å²) in [6.07, 6.45) is -2.95. The average molecular weight is 235 g/mol. The summed E-state index contributed by atoms with van der Waals surface area (Å²) in [5, 5.41) is 3.14. The lowest BCUT2D eigenvalue weighted by molar-refractivity contribution is -0.154. The molecule has 1 aromatic rings. The third-order valence-electron chi connectivity index (χ3n) is 2.43. The van der Waals surface area contributed by atoms with Crippen LogP contribution in [0.5, 0.6) is 5.95 Å². The molecule has 0 atom stereocenters. The van der Waals surface area contributed by atoms with Crippen molar-refractivity contribution in [2.75, 3.05) is 13.1 Å². The van der Waals surface area contributed by atoms with Crippen molar-refractivity contribution in [3.63, 3.8) is 0 Å². The maximum Gasteiger partial charge on any atom is 0.449 e. The summed E-state index contributed by atoms with van der Waals surface area (Å²) in [6, 6.07) is 2.10. The lowest BCUT2D eigenvalue weighted by Gasteiger charge is -2.22. The highest BCUT2D eigenvalue weighted by Crippen LogP contribution is 2.33. The van der Waals surface area contributed by atoms with E-state index in [-0.39, 0.29) is 12.1 Å². The fraction of sp³-hybridized carbons (Fsp3) is 0.600. The lowest BCUT2D eigenvalue weighted by Crippen LogP contribution is -2.34. The molecule has 0 radical (unpaired) electrons. The summed E-state index contributed by atoms with van der Waals surface area (Å²) in [5.41, 5.74) is 0. The third kappa shape index (κ3) is 2.69. The lowest BCUT2D eigenvalue weighted by atomic mass is 10.1. The van der Waals surface area contributed by atoms with E-state index >= 15 is 0 Å². The Labute approximate surface area is 90.6 Å². The van der Waals surface area contributed by atoms with Crippen molar-refractivity contribution >= 4 is 0 Å². The van der Waals surface area contributed by atoms with Crippen molar-refractivity contribution < 1.29 is 22.3 Å². The number of nitrogens with one attached hydrogen (secondary N) is 1. The Morgan fingerprint density at radius 1 is 1.25 bits per heavy atom. The van der Waals surface area contributed by atoms with Crippen molar-refractivity contribution in [3.8, 4) is 5.95 Å². The number of furan rings is 1. The Kier molecular flexibility index (Phi) is 3.09. The summed E-state index contributed by atoms with van der Waals surface area (Å²) >= 11 is 0. The molecule has 1 fully saturated rings. The van der Waals surface area contributed by atoms with E-state index in [0.717, 1.165) is 32.0 Å². The SMILES string of the molecule is FC(F)(F)c1ccc(OC2CCNCC2)o1. The number of ether oxygens (including phenoxy) is 1.